The zero-order chi connectivity index (χ0) is 15.1. The predicted molar refractivity (Wildman–Crippen MR) is 82.9 cm³/mol. The second-order valence-electron chi connectivity index (χ2n) is 5.35. The molecular weight excluding hydrogens is 311 g/mol. The van der Waals surface area contributed by atoms with Gasteiger partial charge in [-0.2, -0.15) is 0 Å². The van der Waals surface area contributed by atoms with Crippen LogP contribution >= 0.6 is 23.2 Å². The summed E-state index contributed by atoms with van der Waals surface area (Å²) in [7, 11) is 0. The molecular formula is C15H14Cl2N2O2. The Labute approximate surface area is 132 Å². The SMILES string of the molecule is Cc1cc(Cl)c(Oc2n[nH]c(=O)c3c2CCC3C)c(Cl)c1. The number of rotatable bonds is 2. The Kier molecular flexibility index (Phi) is 3.68. The van der Waals surface area contributed by atoms with E-state index in [0.29, 0.717) is 21.7 Å². The standard InChI is InChI=1S/C15H14Cl2N2O2/c1-7-5-10(16)13(11(17)6-7)21-15-9-4-3-8(2)12(9)14(20)18-19-15/h5-6,8H,3-4H2,1-2H3,(H,18,20). The maximum Gasteiger partial charge on any atom is 0.268 e. The van der Waals surface area contributed by atoms with Gasteiger partial charge in [-0.15, -0.1) is 5.10 Å². The average Bonchev–Trinajstić information content (AvgIpc) is 2.79. The summed E-state index contributed by atoms with van der Waals surface area (Å²) in [5.74, 6) is 0.949. The normalized spacial score (nSPS) is 16.9. The third-order valence-electron chi connectivity index (χ3n) is 3.75. The molecule has 1 heterocycles. The molecule has 6 heteroatoms. The summed E-state index contributed by atoms with van der Waals surface area (Å²) in [5, 5.41) is 7.34. The molecule has 4 nitrogen and oxygen atoms in total. The Morgan fingerprint density at radius 3 is 2.67 bits per heavy atom. The topological polar surface area (TPSA) is 55.0 Å². The van der Waals surface area contributed by atoms with Crippen LogP contribution < -0.4 is 10.3 Å². The van der Waals surface area contributed by atoms with Gasteiger partial charge in [-0.25, -0.2) is 5.10 Å². The Hall–Kier alpha value is -1.52. The van der Waals surface area contributed by atoms with E-state index in [1.54, 1.807) is 12.1 Å². The van der Waals surface area contributed by atoms with Crippen LogP contribution in [0.25, 0.3) is 0 Å². The maximum absolute atomic E-state index is 11.9. The minimum atomic E-state index is -0.150. The van der Waals surface area contributed by atoms with Gasteiger partial charge in [-0.3, -0.25) is 4.79 Å². The Morgan fingerprint density at radius 2 is 2.00 bits per heavy atom. The average molecular weight is 325 g/mol. The van der Waals surface area contributed by atoms with Gasteiger partial charge in [0.2, 0.25) is 5.88 Å². The summed E-state index contributed by atoms with van der Waals surface area (Å²) in [4.78, 5) is 11.9. The number of aromatic amines is 1. The van der Waals surface area contributed by atoms with E-state index in [9.17, 15) is 4.79 Å². The molecule has 1 atom stereocenters. The van der Waals surface area contributed by atoms with Gasteiger partial charge < -0.3 is 4.74 Å². The van der Waals surface area contributed by atoms with Crippen LogP contribution in [-0.4, -0.2) is 10.2 Å². The van der Waals surface area contributed by atoms with Crippen molar-refractivity contribution in [1.29, 1.82) is 0 Å². The van der Waals surface area contributed by atoms with Crippen LogP contribution in [0.15, 0.2) is 16.9 Å². The predicted octanol–water partition coefficient (Wildman–Crippen LogP) is 4.23. The summed E-state index contributed by atoms with van der Waals surface area (Å²) in [6.45, 7) is 3.93. The lowest BCUT2D eigenvalue weighted by molar-refractivity contribution is 0.448. The Bertz CT molecular complexity index is 748. The van der Waals surface area contributed by atoms with Gasteiger partial charge in [0, 0.05) is 11.1 Å². The monoisotopic (exact) mass is 324 g/mol. The molecule has 1 aromatic heterocycles. The van der Waals surface area contributed by atoms with Crippen molar-refractivity contribution < 1.29 is 4.74 Å². The first-order valence-corrected chi connectivity index (χ1v) is 7.48. The first kappa shape index (κ1) is 14.4. The van der Waals surface area contributed by atoms with E-state index in [2.05, 4.69) is 10.2 Å². The second kappa shape index (κ2) is 5.35. The zero-order valence-electron chi connectivity index (χ0n) is 11.7. The highest BCUT2D eigenvalue weighted by atomic mass is 35.5. The number of nitrogens with one attached hydrogen (secondary N) is 1. The lowest BCUT2D eigenvalue weighted by Gasteiger charge is -2.12. The van der Waals surface area contributed by atoms with Gasteiger partial charge in [0.15, 0.2) is 5.75 Å². The van der Waals surface area contributed by atoms with Gasteiger partial charge in [0.25, 0.3) is 5.56 Å². The maximum atomic E-state index is 11.9. The molecule has 1 aliphatic rings. The molecule has 0 bridgehead atoms. The molecule has 1 N–H and O–H groups in total. The van der Waals surface area contributed by atoms with Crippen molar-refractivity contribution in [1.82, 2.24) is 10.2 Å². The van der Waals surface area contributed by atoms with Crippen molar-refractivity contribution in [3.05, 3.63) is 49.2 Å². The molecule has 0 amide bonds. The number of ether oxygens (including phenoxy) is 1. The number of H-pyrrole nitrogens is 1. The fourth-order valence-corrected chi connectivity index (χ4v) is 3.39. The van der Waals surface area contributed by atoms with E-state index in [1.165, 1.54) is 0 Å². The van der Waals surface area contributed by atoms with Crippen molar-refractivity contribution in [2.24, 2.45) is 0 Å². The molecule has 0 fully saturated rings. The first-order chi connectivity index (χ1) is 9.97. The summed E-state index contributed by atoms with van der Waals surface area (Å²) in [5.41, 5.74) is 2.40. The molecule has 1 unspecified atom stereocenters. The number of nitrogens with zero attached hydrogens (tertiary/aromatic N) is 1. The largest absolute Gasteiger partial charge is 0.434 e. The molecule has 110 valence electrons. The number of aromatic nitrogens is 2. The summed E-state index contributed by atoms with van der Waals surface area (Å²) >= 11 is 12.4. The van der Waals surface area contributed by atoms with Crippen LogP contribution in [0.4, 0.5) is 0 Å². The van der Waals surface area contributed by atoms with Crippen molar-refractivity contribution in [2.75, 3.05) is 0 Å². The highest BCUT2D eigenvalue weighted by Crippen LogP contribution is 2.40. The number of hydrogen-bond donors (Lipinski definition) is 1. The number of benzene rings is 1. The lowest BCUT2D eigenvalue weighted by atomic mass is 10.1. The van der Waals surface area contributed by atoms with Crippen LogP contribution in [0.5, 0.6) is 11.6 Å². The van der Waals surface area contributed by atoms with Crippen LogP contribution in [0.2, 0.25) is 10.0 Å². The second-order valence-corrected chi connectivity index (χ2v) is 6.16. The van der Waals surface area contributed by atoms with Gasteiger partial charge in [-0.05, 0) is 43.4 Å². The highest BCUT2D eigenvalue weighted by molar-refractivity contribution is 6.37. The minimum Gasteiger partial charge on any atom is -0.434 e. The quantitative estimate of drug-likeness (QED) is 0.899. The number of halogens is 2. The van der Waals surface area contributed by atoms with E-state index < -0.39 is 0 Å². The Balaban J connectivity index is 2.07. The van der Waals surface area contributed by atoms with E-state index in [0.717, 1.165) is 29.5 Å². The summed E-state index contributed by atoms with van der Waals surface area (Å²) in [6.07, 6.45) is 1.68. The van der Waals surface area contributed by atoms with Crippen LogP contribution in [0.1, 0.15) is 36.0 Å². The summed E-state index contributed by atoms with van der Waals surface area (Å²) < 4.78 is 5.80. The third-order valence-corrected chi connectivity index (χ3v) is 4.31. The smallest absolute Gasteiger partial charge is 0.268 e. The van der Waals surface area contributed by atoms with Gasteiger partial charge in [0.05, 0.1) is 10.0 Å². The van der Waals surface area contributed by atoms with Gasteiger partial charge in [-0.1, -0.05) is 30.1 Å². The number of hydrogen-bond acceptors (Lipinski definition) is 3. The molecule has 21 heavy (non-hydrogen) atoms. The fourth-order valence-electron chi connectivity index (χ4n) is 2.71. The molecule has 0 spiro atoms. The van der Waals surface area contributed by atoms with Crippen molar-refractivity contribution >= 4 is 23.2 Å². The van der Waals surface area contributed by atoms with E-state index >= 15 is 0 Å². The molecule has 3 rings (SSSR count). The highest BCUT2D eigenvalue weighted by Gasteiger charge is 2.27. The van der Waals surface area contributed by atoms with E-state index in [1.807, 2.05) is 13.8 Å². The molecule has 2 aromatic rings. The first-order valence-electron chi connectivity index (χ1n) is 6.72. The van der Waals surface area contributed by atoms with Crippen LogP contribution in [-0.2, 0) is 6.42 Å². The van der Waals surface area contributed by atoms with E-state index in [4.69, 9.17) is 27.9 Å². The van der Waals surface area contributed by atoms with Crippen molar-refractivity contribution in [3.63, 3.8) is 0 Å². The van der Waals surface area contributed by atoms with E-state index in [-0.39, 0.29) is 11.5 Å². The molecule has 1 aromatic carbocycles. The molecule has 0 saturated heterocycles. The zero-order valence-corrected chi connectivity index (χ0v) is 13.2. The van der Waals surface area contributed by atoms with Gasteiger partial charge >= 0.3 is 0 Å². The third kappa shape index (κ3) is 2.54. The Morgan fingerprint density at radius 1 is 1.33 bits per heavy atom. The molecule has 0 radical (unpaired) electrons. The van der Waals surface area contributed by atoms with Crippen molar-refractivity contribution in [3.8, 4) is 11.6 Å². The fraction of sp³-hybridized carbons (Fsp3) is 0.333. The van der Waals surface area contributed by atoms with Crippen molar-refractivity contribution in [2.45, 2.75) is 32.6 Å². The summed E-state index contributed by atoms with van der Waals surface area (Å²) in [6, 6.07) is 3.55. The van der Waals surface area contributed by atoms with Crippen LogP contribution in [0, 0.1) is 6.92 Å². The number of aryl methyl sites for hydroxylation is 1. The minimum absolute atomic E-state index is 0.150. The molecule has 1 aliphatic carbocycles. The molecule has 0 saturated carbocycles. The van der Waals surface area contributed by atoms with Crippen LogP contribution in [0.3, 0.4) is 0 Å². The molecule has 0 aliphatic heterocycles. The number of fused-ring (bicyclic) bond motifs is 1. The lowest BCUT2D eigenvalue weighted by Crippen LogP contribution is -2.16. The van der Waals surface area contributed by atoms with Gasteiger partial charge in [0.1, 0.15) is 0 Å².